The van der Waals surface area contributed by atoms with Crippen molar-refractivity contribution < 1.29 is 13.5 Å². The summed E-state index contributed by atoms with van der Waals surface area (Å²) < 4.78 is 31.2. The zero-order chi connectivity index (χ0) is 13.0. The summed E-state index contributed by atoms with van der Waals surface area (Å²) >= 11 is 0. The Hall–Kier alpha value is -1.00. The molecule has 1 aromatic rings. The minimum Gasteiger partial charge on any atom is -0.381 e. The average Bonchev–Trinajstić information content (AvgIpc) is 2.40. The van der Waals surface area contributed by atoms with Crippen molar-refractivity contribution in [3.8, 4) is 0 Å². The number of halogens is 2. The molecule has 0 amide bonds. The topological polar surface area (TPSA) is 21.3 Å². The third kappa shape index (κ3) is 3.50. The molecule has 2 atom stereocenters. The molecule has 1 aromatic carbocycles. The lowest BCUT2D eigenvalue weighted by atomic mass is 9.92. The molecule has 18 heavy (non-hydrogen) atoms. The monoisotopic (exact) mass is 255 g/mol. The first kappa shape index (κ1) is 13.4. The third-order valence-electron chi connectivity index (χ3n) is 3.54. The van der Waals surface area contributed by atoms with Gasteiger partial charge in [-0.05, 0) is 43.4 Å². The van der Waals surface area contributed by atoms with Crippen LogP contribution in [0.5, 0.6) is 0 Å². The molecule has 2 rings (SSSR count). The van der Waals surface area contributed by atoms with Gasteiger partial charge in [-0.1, -0.05) is 6.07 Å². The highest BCUT2D eigenvalue weighted by molar-refractivity contribution is 5.17. The summed E-state index contributed by atoms with van der Waals surface area (Å²) in [7, 11) is 1.74. The zero-order valence-electron chi connectivity index (χ0n) is 10.6. The number of ether oxygens (including phenoxy) is 1. The number of hydrogen-bond acceptors (Lipinski definition) is 2. The Labute approximate surface area is 106 Å². The van der Waals surface area contributed by atoms with Gasteiger partial charge < -0.3 is 10.1 Å². The van der Waals surface area contributed by atoms with Crippen molar-refractivity contribution >= 4 is 0 Å². The fraction of sp³-hybridized carbons (Fsp3) is 0.571. The molecule has 0 bridgehead atoms. The number of rotatable bonds is 4. The van der Waals surface area contributed by atoms with Crippen molar-refractivity contribution in [1.29, 1.82) is 0 Å². The Balaban J connectivity index is 1.85. The average molecular weight is 255 g/mol. The lowest BCUT2D eigenvalue weighted by molar-refractivity contribution is 0.0586. The van der Waals surface area contributed by atoms with Gasteiger partial charge in [-0.3, -0.25) is 0 Å². The maximum Gasteiger partial charge on any atom is 0.159 e. The van der Waals surface area contributed by atoms with Gasteiger partial charge in [-0.15, -0.1) is 0 Å². The van der Waals surface area contributed by atoms with Crippen molar-refractivity contribution in [2.24, 2.45) is 0 Å². The van der Waals surface area contributed by atoms with Crippen molar-refractivity contribution in [3.05, 3.63) is 35.4 Å². The molecule has 2 nitrogen and oxygen atoms in total. The quantitative estimate of drug-likeness (QED) is 0.893. The van der Waals surface area contributed by atoms with E-state index in [1.54, 1.807) is 13.2 Å². The minimum atomic E-state index is -0.795. The highest BCUT2D eigenvalue weighted by atomic mass is 19.2. The Morgan fingerprint density at radius 1 is 1.28 bits per heavy atom. The van der Waals surface area contributed by atoms with E-state index in [2.05, 4.69) is 5.32 Å². The standard InChI is InChI=1S/C14H19F2NO/c1-18-12-4-2-3-11(8-12)17-9-10-5-6-13(15)14(16)7-10/h5-7,11-12,17H,2-4,8-9H2,1H3. The van der Waals surface area contributed by atoms with Crippen LogP contribution in [0.3, 0.4) is 0 Å². The fourth-order valence-electron chi connectivity index (χ4n) is 2.46. The predicted molar refractivity (Wildman–Crippen MR) is 66.3 cm³/mol. The van der Waals surface area contributed by atoms with E-state index < -0.39 is 11.6 Å². The fourth-order valence-corrected chi connectivity index (χ4v) is 2.46. The summed E-state index contributed by atoms with van der Waals surface area (Å²) in [5, 5.41) is 3.38. The second-order valence-corrected chi connectivity index (χ2v) is 4.85. The largest absolute Gasteiger partial charge is 0.381 e. The number of methoxy groups -OCH3 is 1. The van der Waals surface area contributed by atoms with Gasteiger partial charge in [0.25, 0.3) is 0 Å². The van der Waals surface area contributed by atoms with Gasteiger partial charge in [-0.25, -0.2) is 8.78 Å². The molecule has 1 aliphatic rings. The molecule has 1 aliphatic carbocycles. The summed E-state index contributed by atoms with van der Waals surface area (Å²) in [6.07, 6.45) is 4.68. The molecule has 1 fully saturated rings. The number of nitrogens with one attached hydrogen (secondary N) is 1. The van der Waals surface area contributed by atoms with Gasteiger partial charge in [0.15, 0.2) is 11.6 Å². The van der Waals surface area contributed by atoms with E-state index in [1.807, 2.05) is 0 Å². The molecular weight excluding hydrogens is 236 g/mol. The van der Waals surface area contributed by atoms with Gasteiger partial charge in [0.05, 0.1) is 6.10 Å². The van der Waals surface area contributed by atoms with E-state index in [0.717, 1.165) is 31.2 Å². The van der Waals surface area contributed by atoms with E-state index in [0.29, 0.717) is 18.7 Å². The molecule has 100 valence electrons. The van der Waals surface area contributed by atoms with E-state index >= 15 is 0 Å². The Kier molecular flexibility index (Phi) is 4.66. The molecular formula is C14H19F2NO. The Morgan fingerprint density at radius 3 is 2.83 bits per heavy atom. The number of benzene rings is 1. The van der Waals surface area contributed by atoms with Crippen LogP contribution in [0, 0.1) is 11.6 Å². The first-order chi connectivity index (χ1) is 8.69. The highest BCUT2D eigenvalue weighted by Crippen LogP contribution is 2.21. The van der Waals surface area contributed by atoms with Crippen LogP contribution in [0.4, 0.5) is 8.78 Å². The minimum absolute atomic E-state index is 0.321. The van der Waals surface area contributed by atoms with Gasteiger partial charge in [0.2, 0.25) is 0 Å². The molecule has 1 N–H and O–H groups in total. The normalized spacial score (nSPS) is 24.2. The number of hydrogen-bond donors (Lipinski definition) is 1. The molecule has 2 unspecified atom stereocenters. The molecule has 0 saturated heterocycles. The van der Waals surface area contributed by atoms with Crippen LogP contribution in [0.25, 0.3) is 0 Å². The molecule has 0 spiro atoms. The van der Waals surface area contributed by atoms with E-state index in [-0.39, 0.29) is 0 Å². The predicted octanol–water partition coefficient (Wildman–Crippen LogP) is 3.01. The lowest BCUT2D eigenvalue weighted by Crippen LogP contribution is -2.36. The SMILES string of the molecule is COC1CCCC(NCc2ccc(F)c(F)c2)C1. The summed E-state index contributed by atoms with van der Waals surface area (Å²) in [5.74, 6) is -1.58. The van der Waals surface area contributed by atoms with Crippen LogP contribution in [0.2, 0.25) is 0 Å². The molecule has 0 radical (unpaired) electrons. The van der Waals surface area contributed by atoms with Crippen LogP contribution in [0.1, 0.15) is 31.2 Å². The molecule has 0 aromatic heterocycles. The van der Waals surface area contributed by atoms with E-state index in [9.17, 15) is 8.78 Å². The molecule has 0 heterocycles. The second kappa shape index (κ2) is 6.25. The van der Waals surface area contributed by atoms with Crippen molar-refractivity contribution in [1.82, 2.24) is 5.32 Å². The van der Waals surface area contributed by atoms with E-state index in [4.69, 9.17) is 4.74 Å². The Morgan fingerprint density at radius 2 is 2.11 bits per heavy atom. The van der Waals surface area contributed by atoms with Crippen LogP contribution < -0.4 is 5.32 Å². The summed E-state index contributed by atoms with van der Waals surface area (Å²) in [6.45, 7) is 0.568. The third-order valence-corrected chi connectivity index (χ3v) is 3.54. The van der Waals surface area contributed by atoms with Gasteiger partial charge in [-0.2, -0.15) is 0 Å². The molecule has 1 saturated carbocycles. The summed E-state index contributed by atoms with van der Waals surface area (Å²) in [4.78, 5) is 0. The maximum absolute atomic E-state index is 13.0. The van der Waals surface area contributed by atoms with E-state index in [1.165, 1.54) is 12.1 Å². The highest BCUT2D eigenvalue weighted by Gasteiger charge is 2.21. The lowest BCUT2D eigenvalue weighted by Gasteiger charge is -2.29. The first-order valence-corrected chi connectivity index (χ1v) is 6.39. The van der Waals surface area contributed by atoms with Crippen LogP contribution >= 0.6 is 0 Å². The zero-order valence-corrected chi connectivity index (χ0v) is 10.6. The molecule has 4 heteroatoms. The van der Waals surface area contributed by atoms with Crippen molar-refractivity contribution in [3.63, 3.8) is 0 Å². The van der Waals surface area contributed by atoms with Crippen LogP contribution in [-0.4, -0.2) is 19.3 Å². The first-order valence-electron chi connectivity index (χ1n) is 6.39. The summed E-state index contributed by atoms with van der Waals surface area (Å²) in [6, 6.07) is 4.43. The van der Waals surface area contributed by atoms with Crippen molar-refractivity contribution in [2.45, 2.75) is 44.4 Å². The van der Waals surface area contributed by atoms with Gasteiger partial charge >= 0.3 is 0 Å². The van der Waals surface area contributed by atoms with Crippen LogP contribution in [-0.2, 0) is 11.3 Å². The van der Waals surface area contributed by atoms with Crippen molar-refractivity contribution in [2.75, 3.05) is 7.11 Å². The smallest absolute Gasteiger partial charge is 0.159 e. The maximum atomic E-state index is 13.0. The molecule has 0 aliphatic heterocycles. The second-order valence-electron chi connectivity index (χ2n) is 4.85. The van der Waals surface area contributed by atoms with Crippen LogP contribution in [0.15, 0.2) is 18.2 Å². The Bertz CT molecular complexity index is 397. The van der Waals surface area contributed by atoms with Gasteiger partial charge in [0.1, 0.15) is 0 Å². The van der Waals surface area contributed by atoms with Gasteiger partial charge in [0, 0.05) is 19.7 Å². The summed E-state index contributed by atoms with van der Waals surface area (Å²) in [5.41, 5.74) is 0.772.